The van der Waals surface area contributed by atoms with Gasteiger partial charge in [0.1, 0.15) is 0 Å². The maximum Gasteiger partial charge on any atom is 0.229 e. The van der Waals surface area contributed by atoms with Gasteiger partial charge in [0.25, 0.3) is 0 Å². The van der Waals surface area contributed by atoms with Crippen LogP contribution in [0, 0.1) is 0 Å². The van der Waals surface area contributed by atoms with Gasteiger partial charge in [-0.2, -0.15) is 16.7 Å². The van der Waals surface area contributed by atoms with Gasteiger partial charge in [0.05, 0.1) is 5.25 Å². The minimum Gasteiger partial charge on any atom is -0.339 e. The van der Waals surface area contributed by atoms with E-state index in [1.165, 1.54) is 24.3 Å². The second-order valence-corrected chi connectivity index (χ2v) is 8.43. The molecular weight excluding hydrogens is 290 g/mol. The fourth-order valence-corrected chi connectivity index (χ4v) is 5.75. The summed E-state index contributed by atoms with van der Waals surface area (Å²) in [6.45, 7) is 2.27. The van der Waals surface area contributed by atoms with E-state index in [4.69, 9.17) is 9.51 Å². The molecule has 6 heteroatoms. The summed E-state index contributed by atoms with van der Waals surface area (Å²) in [4.78, 5) is 4.73. The quantitative estimate of drug-likeness (QED) is 0.924. The van der Waals surface area contributed by atoms with E-state index in [2.05, 4.69) is 24.4 Å². The second kappa shape index (κ2) is 6.71. The molecule has 0 aromatic carbocycles. The topological polar surface area (TPSA) is 51.0 Å². The molecule has 1 aromatic heterocycles. The van der Waals surface area contributed by atoms with Gasteiger partial charge in [-0.25, -0.2) is 0 Å². The van der Waals surface area contributed by atoms with Crippen molar-refractivity contribution < 1.29 is 4.52 Å². The molecule has 2 heterocycles. The highest BCUT2D eigenvalue weighted by Gasteiger charge is 2.31. The molecule has 0 spiro atoms. The highest BCUT2D eigenvalue weighted by molar-refractivity contribution is 8.06. The van der Waals surface area contributed by atoms with Crippen molar-refractivity contribution in [2.24, 2.45) is 0 Å². The van der Waals surface area contributed by atoms with Crippen molar-refractivity contribution in [3.63, 3.8) is 0 Å². The maximum absolute atomic E-state index is 5.57. The lowest BCUT2D eigenvalue weighted by Crippen LogP contribution is -2.29. The first kappa shape index (κ1) is 14.7. The molecule has 1 aliphatic heterocycles. The third-order valence-electron chi connectivity index (χ3n) is 4.38. The molecule has 1 aliphatic carbocycles. The van der Waals surface area contributed by atoms with Crippen molar-refractivity contribution in [1.29, 1.82) is 0 Å². The largest absolute Gasteiger partial charge is 0.339 e. The second-order valence-electron chi connectivity index (χ2n) is 5.70. The Morgan fingerprint density at radius 3 is 2.60 bits per heavy atom. The summed E-state index contributed by atoms with van der Waals surface area (Å²) in [6.07, 6.45) is 4.75. The Kier molecular flexibility index (Phi) is 4.94. The Balaban J connectivity index is 1.64. The molecule has 0 bridgehead atoms. The Morgan fingerprint density at radius 2 is 1.90 bits per heavy atom. The van der Waals surface area contributed by atoms with Gasteiger partial charge in [0.15, 0.2) is 5.82 Å². The predicted octanol–water partition coefficient (Wildman–Crippen LogP) is 3.22. The Hall–Kier alpha value is -0.200. The van der Waals surface area contributed by atoms with Crippen LogP contribution in [-0.4, -0.2) is 40.0 Å². The molecular formula is C14H23N3OS2. The molecule has 1 saturated heterocycles. The highest BCUT2D eigenvalue weighted by Crippen LogP contribution is 2.42. The van der Waals surface area contributed by atoms with Crippen LogP contribution in [0.2, 0.25) is 0 Å². The van der Waals surface area contributed by atoms with E-state index in [-0.39, 0.29) is 0 Å². The number of nitrogens with one attached hydrogen (secondary N) is 1. The molecule has 1 aromatic rings. The third-order valence-corrected chi connectivity index (χ3v) is 7.47. The molecule has 20 heavy (non-hydrogen) atoms. The van der Waals surface area contributed by atoms with Crippen LogP contribution in [0.15, 0.2) is 4.52 Å². The molecule has 0 radical (unpaired) electrons. The molecule has 1 saturated carbocycles. The van der Waals surface area contributed by atoms with E-state index in [1.807, 2.05) is 23.5 Å². The molecule has 2 atom stereocenters. The minimum absolute atomic E-state index is 0.403. The molecule has 2 aliphatic rings. The minimum atomic E-state index is 0.403. The summed E-state index contributed by atoms with van der Waals surface area (Å²) in [6, 6.07) is 0.666. The Labute approximate surface area is 129 Å². The zero-order chi connectivity index (χ0) is 13.9. The van der Waals surface area contributed by atoms with Gasteiger partial charge in [-0.3, -0.25) is 0 Å². The molecule has 112 valence electrons. The van der Waals surface area contributed by atoms with Crippen LogP contribution in [-0.2, 0) is 0 Å². The normalized spacial score (nSPS) is 35.1. The van der Waals surface area contributed by atoms with Gasteiger partial charge in [0, 0.05) is 28.7 Å². The lowest BCUT2D eigenvalue weighted by atomic mass is 9.86. The fourth-order valence-electron chi connectivity index (χ4n) is 3.07. The first-order chi connectivity index (χ1) is 9.78. The standard InChI is InChI=1S/C14H23N3OS2/c1-9-12(20-8-7-19-9)13-16-14(18-17-13)10-3-5-11(15-2)6-4-10/h9-12,15H,3-8H2,1-2H3. The van der Waals surface area contributed by atoms with Crippen molar-refractivity contribution in [3.8, 4) is 0 Å². The first-order valence-corrected chi connectivity index (χ1v) is 9.61. The van der Waals surface area contributed by atoms with Crippen LogP contribution >= 0.6 is 23.5 Å². The van der Waals surface area contributed by atoms with Crippen LogP contribution in [0.3, 0.4) is 0 Å². The molecule has 4 nitrogen and oxygen atoms in total. The number of thioether (sulfide) groups is 2. The van der Waals surface area contributed by atoms with Crippen molar-refractivity contribution in [2.45, 2.75) is 55.1 Å². The third kappa shape index (κ3) is 3.17. The van der Waals surface area contributed by atoms with Crippen LogP contribution < -0.4 is 5.32 Å². The Morgan fingerprint density at radius 1 is 1.15 bits per heavy atom. The van der Waals surface area contributed by atoms with Gasteiger partial charge in [-0.1, -0.05) is 12.1 Å². The summed E-state index contributed by atoms with van der Waals surface area (Å²) >= 11 is 3.99. The van der Waals surface area contributed by atoms with Crippen molar-refractivity contribution >= 4 is 23.5 Å². The SMILES string of the molecule is CNC1CCC(c2nc(C3SCCSC3C)no2)CC1. The van der Waals surface area contributed by atoms with E-state index in [1.54, 1.807) is 0 Å². The molecule has 1 N–H and O–H groups in total. The van der Waals surface area contributed by atoms with Crippen LogP contribution in [0.25, 0.3) is 0 Å². The number of aromatic nitrogens is 2. The summed E-state index contributed by atoms with van der Waals surface area (Å²) in [5.41, 5.74) is 0. The number of nitrogens with zero attached hydrogens (tertiary/aromatic N) is 2. The monoisotopic (exact) mass is 313 g/mol. The summed E-state index contributed by atoms with van der Waals surface area (Å²) < 4.78 is 5.57. The van der Waals surface area contributed by atoms with Gasteiger partial charge in [-0.15, -0.1) is 11.8 Å². The van der Waals surface area contributed by atoms with E-state index >= 15 is 0 Å². The van der Waals surface area contributed by atoms with E-state index < -0.39 is 0 Å². The number of hydrogen-bond acceptors (Lipinski definition) is 6. The molecule has 2 fully saturated rings. The van der Waals surface area contributed by atoms with Gasteiger partial charge >= 0.3 is 0 Å². The first-order valence-electron chi connectivity index (χ1n) is 7.52. The maximum atomic E-state index is 5.57. The molecule has 3 rings (SSSR count). The van der Waals surface area contributed by atoms with Crippen LogP contribution in [0.4, 0.5) is 0 Å². The fraction of sp³-hybridized carbons (Fsp3) is 0.857. The van der Waals surface area contributed by atoms with Crippen LogP contribution in [0.1, 0.15) is 55.5 Å². The zero-order valence-electron chi connectivity index (χ0n) is 12.2. The van der Waals surface area contributed by atoms with Gasteiger partial charge in [-0.05, 0) is 32.7 Å². The van der Waals surface area contributed by atoms with Gasteiger partial charge in [0.2, 0.25) is 5.89 Å². The summed E-state index contributed by atoms with van der Waals surface area (Å²) in [7, 11) is 2.05. The van der Waals surface area contributed by atoms with Gasteiger partial charge < -0.3 is 9.84 Å². The van der Waals surface area contributed by atoms with Crippen molar-refractivity contribution in [1.82, 2.24) is 15.5 Å². The lowest BCUT2D eigenvalue weighted by molar-refractivity contribution is 0.287. The lowest BCUT2D eigenvalue weighted by Gasteiger charge is -2.26. The van der Waals surface area contributed by atoms with Crippen molar-refractivity contribution in [2.75, 3.05) is 18.6 Å². The Bertz CT molecular complexity index is 432. The average molecular weight is 313 g/mol. The smallest absolute Gasteiger partial charge is 0.229 e. The summed E-state index contributed by atoms with van der Waals surface area (Å²) in [5, 5.41) is 8.62. The average Bonchev–Trinajstić information content (AvgIpc) is 2.97. The molecule has 0 amide bonds. The number of hydrogen-bond donors (Lipinski definition) is 1. The van der Waals surface area contributed by atoms with E-state index in [9.17, 15) is 0 Å². The molecule has 2 unspecified atom stereocenters. The van der Waals surface area contributed by atoms with E-state index in [0.29, 0.717) is 22.5 Å². The van der Waals surface area contributed by atoms with Crippen LogP contribution in [0.5, 0.6) is 0 Å². The zero-order valence-corrected chi connectivity index (χ0v) is 13.8. The predicted molar refractivity (Wildman–Crippen MR) is 85.5 cm³/mol. The summed E-state index contributed by atoms with van der Waals surface area (Å²) in [5.74, 6) is 4.69. The van der Waals surface area contributed by atoms with Crippen molar-refractivity contribution in [3.05, 3.63) is 11.7 Å². The number of rotatable bonds is 3. The highest BCUT2D eigenvalue weighted by atomic mass is 32.2. The van der Waals surface area contributed by atoms with E-state index in [0.717, 1.165) is 24.6 Å².